The van der Waals surface area contributed by atoms with E-state index >= 15 is 0 Å². The second-order valence-corrected chi connectivity index (χ2v) is 12.5. The zero-order valence-electron chi connectivity index (χ0n) is 27.2. The van der Waals surface area contributed by atoms with E-state index in [0.29, 0.717) is 11.1 Å². The third-order valence-corrected chi connectivity index (χ3v) is 7.87. The Labute approximate surface area is 278 Å². The van der Waals surface area contributed by atoms with Crippen LogP contribution in [0.4, 0.5) is 14.4 Å². The molecule has 3 aromatic carbocycles. The van der Waals surface area contributed by atoms with Crippen LogP contribution in [0.5, 0.6) is 0 Å². The minimum absolute atomic E-state index is 0.0603. The van der Waals surface area contributed by atoms with Crippen LogP contribution in [-0.2, 0) is 25.4 Å². The fraction of sp³-hybridized carbons (Fsp3) is 0.297. The number of aromatic nitrogens is 1. The molecule has 0 fully saturated rings. The molecule has 11 nitrogen and oxygen atoms in total. The van der Waals surface area contributed by atoms with Gasteiger partial charge in [0.25, 0.3) is 0 Å². The fourth-order valence-corrected chi connectivity index (χ4v) is 5.96. The summed E-state index contributed by atoms with van der Waals surface area (Å²) in [4.78, 5) is 52.2. The quantitative estimate of drug-likeness (QED) is 0.137. The number of carbonyl (C=O) groups is 4. The summed E-state index contributed by atoms with van der Waals surface area (Å²) in [5.74, 6) is -1.43. The normalized spacial score (nSPS) is 12.8. The van der Waals surface area contributed by atoms with Gasteiger partial charge in [-0.2, -0.15) is 0 Å². The number of carboxylic acid groups (broad SMARTS) is 1. The largest absolute Gasteiger partial charge is 0.480 e. The first-order valence-electron chi connectivity index (χ1n) is 15.6. The predicted octanol–water partition coefficient (Wildman–Crippen LogP) is 6.58. The van der Waals surface area contributed by atoms with Crippen molar-refractivity contribution in [1.82, 2.24) is 14.8 Å². The van der Waals surface area contributed by atoms with Crippen molar-refractivity contribution in [2.45, 2.75) is 44.8 Å². The molecule has 1 aliphatic carbocycles. The number of alkyl carbamates (subject to hydrolysis) is 1. The molecule has 1 aliphatic rings. The SMILES string of the molecule is C=CCOC(=O)N(CC(=O)O)C[C@H](Cc1cn(C(=O)OC(C)(C)C)c2ccccc12)NC(=O)OCC1c2ccccc2-c2ccccc21. The van der Waals surface area contributed by atoms with Crippen LogP contribution in [-0.4, -0.2) is 76.8 Å². The molecular formula is C37H39N3O8. The lowest BCUT2D eigenvalue weighted by Gasteiger charge is -2.26. The maximum absolute atomic E-state index is 13.4. The number of rotatable bonds is 11. The van der Waals surface area contributed by atoms with E-state index < -0.39 is 42.4 Å². The van der Waals surface area contributed by atoms with Crippen LogP contribution in [0.15, 0.2) is 91.6 Å². The summed E-state index contributed by atoms with van der Waals surface area (Å²) < 4.78 is 17.9. The second-order valence-electron chi connectivity index (χ2n) is 12.5. The van der Waals surface area contributed by atoms with Crippen molar-refractivity contribution in [3.05, 3.63) is 108 Å². The smallest absolute Gasteiger partial charge is 0.419 e. The van der Waals surface area contributed by atoms with E-state index in [1.54, 1.807) is 39.1 Å². The fourth-order valence-electron chi connectivity index (χ4n) is 5.96. The van der Waals surface area contributed by atoms with E-state index in [9.17, 15) is 24.3 Å². The first-order chi connectivity index (χ1) is 22.9. The van der Waals surface area contributed by atoms with Gasteiger partial charge in [-0.25, -0.2) is 14.4 Å². The first-order valence-corrected chi connectivity index (χ1v) is 15.6. The molecule has 0 radical (unpaired) electrons. The zero-order valence-corrected chi connectivity index (χ0v) is 27.2. The van der Waals surface area contributed by atoms with Gasteiger partial charge in [0.1, 0.15) is 25.4 Å². The summed E-state index contributed by atoms with van der Waals surface area (Å²) in [6.07, 6.45) is 0.912. The molecular weight excluding hydrogens is 614 g/mol. The van der Waals surface area contributed by atoms with Crippen molar-refractivity contribution in [3.8, 4) is 11.1 Å². The van der Waals surface area contributed by atoms with E-state index in [2.05, 4.69) is 11.9 Å². The van der Waals surface area contributed by atoms with Gasteiger partial charge in [-0.3, -0.25) is 14.3 Å². The molecule has 0 saturated heterocycles. The zero-order chi connectivity index (χ0) is 34.4. The van der Waals surface area contributed by atoms with Crippen LogP contribution in [0.25, 0.3) is 22.0 Å². The molecule has 0 aliphatic heterocycles. The second kappa shape index (κ2) is 14.5. The average Bonchev–Trinajstić information content (AvgIpc) is 3.57. The highest BCUT2D eigenvalue weighted by atomic mass is 16.6. The Balaban J connectivity index is 1.41. The van der Waals surface area contributed by atoms with Crippen LogP contribution in [0, 0.1) is 0 Å². The molecule has 0 bridgehead atoms. The summed E-state index contributed by atoms with van der Waals surface area (Å²) >= 11 is 0. The van der Waals surface area contributed by atoms with Crippen LogP contribution >= 0.6 is 0 Å². The molecule has 0 unspecified atom stereocenters. The number of nitrogens with one attached hydrogen (secondary N) is 1. The lowest BCUT2D eigenvalue weighted by molar-refractivity contribution is -0.138. The van der Waals surface area contributed by atoms with Crippen molar-refractivity contribution in [2.24, 2.45) is 0 Å². The van der Waals surface area contributed by atoms with E-state index in [-0.39, 0.29) is 32.1 Å². The van der Waals surface area contributed by atoms with Gasteiger partial charge in [0.2, 0.25) is 0 Å². The lowest BCUT2D eigenvalue weighted by Crippen LogP contribution is -2.48. The van der Waals surface area contributed by atoms with Gasteiger partial charge >= 0.3 is 24.2 Å². The van der Waals surface area contributed by atoms with Gasteiger partial charge in [0.05, 0.1) is 11.6 Å². The number of para-hydroxylation sites is 1. The van der Waals surface area contributed by atoms with E-state index in [4.69, 9.17) is 14.2 Å². The summed E-state index contributed by atoms with van der Waals surface area (Å²) in [6, 6.07) is 22.4. The summed E-state index contributed by atoms with van der Waals surface area (Å²) in [5.41, 5.74) is 4.79. The van der Waals surface area contributed by atoms with E-state index in [1.165, 1.54) is 10.6 Å². The van der Waals surface area contributed by atoms with Gasteiger partial charge in [0, 0.05) is 24.0 Å². The molecule has 4 aromatic rings. The maximum atomic E-state index is 13.4. The number of nitrogens with zero attached hydrogens (tertiary/aromatic N) is 2. The molecule has 2 N–H and O–H groups in total. The molecule has 11 heteroatoms. The van der Waals surface area contributed by atoms with Crippen LogP contribution in [0.1, 0.15) is 43.4 Å². The number of aliphatic carboxylic acids is 1. The van der Waals surface area contributed by atoms with Gasteiger partial charge in [0.15, 0.2) is 0 Å². The number of fused-ring (bicyclic) bond motifs is 4. The molecule has 5 rings (SSSR count). The number of carbonyl (C=O) groups excluding carboxylic acids is 3. The van der Waals surface area contributed by atoms with Gasteiger partial charge in [-0.1, -0.05) is 79.4 Å². The van der Waals surface area contributed by atoms with Crippen LogP contribution in [0.3, 0.4) is 0 Å². The highest BCUT2D eigenvalue weighted by Gasteiger charge is 2.31. The predicted molar refractivity (Wildman–Crippen MR) is 180 cm³/mol. The van der Waals surface area contributed by atoms with Crippen molar-refractivity contribution in [3.63, 3.8) is 0 Å². The third-order valence-electron chi connectivity index (χ3n) is 7.87. The van der Waals surface area contributed by atoms with Gasteiger partial charge in [-0.15, -0.1) is 0 Å². The Hall–Kier alpha value is -5.58. The molecule has 0 saturated carbocycles. The Morgan fingerprint density at radius 2 is 1.58 bits per heavy atom. The van der Waals surface area contributed by atoms with E-state index in [1.807, 2.05) is 60.7 Å². The van der Waals surface area contributed by atoms with Crippen LogP contribution in [0.2, 0.25) is 0 Å². The number of amides is 2. The number of hydrogen-bond donors (Lipinski definition) is 2. The molecule has 0 spiro atoms. The summed E-state index contributed by atoms with van der Waals surface area (Å²) in [7, 11) is 0. The first kappa shape index (κ1) is 33.8. The van der Waals surface area contributed by atoms with Gasteiger partial charge < -0.3 is 24.6 Å². The van der Waals surface area contributed by atoms with Crippen molar-refractivity contribution >= 4 is 35.2 Å². The molecule has 1 heterocycles. The summed E-state index contributed by atoms with van der Waals surface area (Å²) in [5, 5.41) is 13.1. The van der Waals surface area contributed by atoms with Crippen molar-refractivity contribution < 1.29 is 38.5 Å². The highest BCUT2D eigenvalue weighted by Crippen LogP contribution is 2.44. The Bertz CT molecular complexity index is 1790. The third kappa shape index (κ3) is 7.86. The molecule has 1 atom stereocenters. The van der Waals surface area contributed by atoms with E-state index in [0.717, 1.165) is 32.5 Å². The lowest BCUT2D eigenvalue weighted by atomic mass is 9.98. The van der Waals surface area contributed by atoms with Crippen molar-refractivity contribution in [2.75, 3.05) is 26.3 Å². The number of hydrogen-bond acceptors (Lipinski definition) is 7. The number of ether oxygens (including phenoxy) is 3. The molecule has 1 aromatic heterocycles. The monoisotopic (exact) mass is 653 g/mol. The Kier molecular flexibility index (Phi) is 10.2. The molecule has 48 heavy (non-hydrogen) atoms. The Morgan fingerprint density at radius 3 is 2.21 bits per heavy atom. The average molecular weight is 654 g/mol. The standard InChI is InChI=1S/C37H39N3O8/c1-5-18-46-35(44)39(22-33(41)42)21-25(19-24-20-40(36(45)48-37(2,3)4)32-17-11-10-12-26(24)32)38-34(43)47-23-31-29-15-8-6-13-27(29)28-14-7-9-16-30(28)31/h5-17,20,25,31H,1,18-19,21-23H2,2-4H3,(H,38,43)(H,41,42)/t25-/m0/s1. The highest BCUT2D eigenvalue weighted by molar-refractivity contribution is 5.92. The topological polar surface area (TPSA) is 136 Å². The minimum Gasteiger partial charge on any atom is -0.480 e. The van der Waals surface area contributed by atoms with Gasteiger partial charge in [-0.05, 0) is 61.1 Å². The molecule has 250 valence electrons. The number of benzene rings is 3. The Morgan fingerprint density at radius 1 is 0.958 bits per heavy atom. The number of carboxylic acids is 1. The maximum Gasteiger partial charge on any atom is 0.419 e. The molecule has 2 amide bonds. The van der Waals surface area contributed by atoms with Crippen molar-refractivity contribution in [1.29, 1.82) is 0 Å². The van der Waals surface area contributed by atoms with Crippen LogP contribution < -0.4 is 5.32 Å². The summed E-state index contributed by atoms with van der Waals surface area (Å²) in [6.45, 7) is 7.89. The minimum atomic E-state index is -1.26.